The Morgan fingerprint density at radius 1 is 1.67 bits per heavy atom. The second kappa shape index (κ2) is 6.69. The first-order valence-corrected chi connectivity index (χ1v) is 4.63. The average molecular weight is 171 g/mol. The highest BCUT2D eigenvalue weighted by Crippen LogP contribution is 2.13. The monoisotopic (exact) mass is 170 g/mol. The van der Waals surface area contributed by atoms with Crippen LogP contribution in [-0.4, -0.2) is 23.6 Å². The van der Waals surface area contributed by atoms with E-state index in [4.69, 9.17) is 11.6 Å². The molecule has 0 saturated carbocycles. The number of halogens is 2. The van der Waals surface area contributed by atoms with Crippen LogP contribution in [0.1, 0.15) is 13.3 Å². The van der Waals surface area contributed by atoms with Gasteiger partial charge in [0.05, 0.1) is 6.67 Å². The normalized spacial score (nSPS) is 13.7. The quantitative estimate of drug-likeness (QED) is 0.572. The first kappa shape index (κ1) is 9.57. The van der Waals surface area contributed by atoms with Gasteiger partial charge in [0.2, 0.25) is 0 Å². The number of alkyl halides is 2. The highest BCUT2D eigenvalue weighted by molar-refractivity contribution is 7.99. The minimum Gasteiger partial charge on any atom is -0.250 e. The van der Waals surface area contributed by atoms with Crippen molar-refractivity contribution in [2.45, 2.75) is 18.6 Å². The van der Waals surface area contributed by atoms with Gasteiger partial charge < -0.3 is 0 Å². The van der Waals surface area contributed by atoms with Gasteiger partial charge in [-0.15, -0.1) is 11.6 Å². The predicted octanol–water partition coefficient (Wildman–Crippen LogP) is 2.71. The van der Waals surface area contributed by atoms with E-state index in [-0.39, 0.29) is 6.67 Å². The van der Waals surface area contributed by atoms with Crippen LogP contribution in [0.4, 0.5) is 4.39 Å². The van der Waals surface area contributed by atoms with Gasteiger partial charge in [-0.05, 0) is 6.42 Å². The first-order chi connectivity index (χ1) is 4.31. The van der Waals surface area contributed by atoms with E-state index in [0.717, 1.165) is 6.42 Å². The van der Waals surface area contributed by atoms with Gasteiger partial charge in [-0.2, -0.15) is 11.8 Å². The lowest BCUT2D eigenvalue weighted by atomic mass is 10.4. The SMILES string of the molecule is CC(CCCl)SCCF. The smallest absolute Gasteiger partial charge is 0.0984 e. The Bertz CT molecular complexity index is 61.0. The van der Waals surface area contributed by atoms with E-state index in [1.165, 1.54) is 0 Å². The van der Waals surface area contributed by atoms with Crippen molar-refractivity contribution >= 4 is 23.4 Å². The molecule has 0 aliphatic rings. The highest BCUT2D eigenvalue weighted by atomic mass is 35.5. The van der Waals surface area contributed by atoms with E-state index in [9.17, 15) is 4.39 Å². The van der Waals surface area contributed by atoms with Crippen LogP contribution in [0.25, 0.3) is 0 Å². The largest absolute Gasteiger partial charge is 0.250 e. The molecule has 0 bridgehead atoms. The molecule has 0 N–H and O–H groups in total. The zero-order valence-electron chi connectivity index (χ0n) is 5.57. The van der Waals surface area contributed by atoms with Gasteiger partial charge in [-0.25, -0.2) is 0 Å². The van der Waals surface area contributed by atoms with Gasteiger partial charge in [0.1, 0.15) is 0 Å². The van der Waals surface area contributed by atoms with Crippen LogP contribution >= 0.6 is 23.4 Å². The fraction of sp³-hybridized carbons (Fsp3) is 1.00. The van der Waals surface area contributed by atoms with Crippen LogP contribution in [0, 0.1) is 0 Å². The molecule has 0 rings (SSSR count). The van der Waals surface area contributed by atoms with Gasteiger partial charge in [-0.3, -0.25) is 4.39 Å². The minimum atomic E-state index is -0.225. The molecule has 56 valence electrons. The molecule has 9 heavy (non-hydrogen) atoms. The van der Waals surface area contributed by atoms with E-state index >= 15 is 0 Å². The summed E-state index contributed by atoms with van der Waals surface area (Å²) in [5.74, 6) is 1.29. The molecule has 0 heterocycles. The summed E-state index contributed by atoms with van der Waals surface area (Å²) in [6.07, 6.45) is 0.978. The Labute approximate surface area is 65.2 Å². The van der Waals surface area contributed by atoms with Crippen LogP contribution in [0.2, 0.25) is 0 Å². The molecule has 0 saturated heterocycles. The maximum atomic E-state index is 11.5. The van der Waals surface area contributed by atoms with Crippen molar-refractivity contribution < 1.29 is 4.39 Å². The van der Waals surface area contributed by atoms with Crippen molar-refractivity contribution in [2.24, 2.45) is 0 Å². The predicted molar refractivity (Wildman–Crippen MR) is 43.2 cm³/mol. The lowest BCUT2D eigenvalue weighted by Crippen LogP contribution is -1.98. The summed E-state index contributed by atoms with van der Waals surface area (Å²) in [7, 11) is 0. The third kappa shape index (κ3) is 6.46. The molecule has 0 amide bonds. The molecule has 0 aliphatic heterocycles. The van der Waals surface area contributed by atoms with Gasteiger partial charge in [0.25, 0.3) is 0 Å². The van der Waals surface area contributed by atoms with Gasteiger partial charge in [0, 0.05) is 16.9 Å². The van der Waals surface area contributed by atoms with Crippen molar-refractivity contribution in [3.05, 3.63) is 0 Å². The molecule has 0 aliphatic carbocycles. The first-order valence-electron chi connectivity index (χ1n) is 3.04. The average Bonchev–Trinajstić information content (AvgIpc) is 1.85. The van der Waals surface area contributed by atoms with Crippen LogP contribution in [0.3, 0.4) is 0 Å². The third-order valence-electron chi connectivity index (χ3n) is 0.995. The van der Waals surface area contributed by atoms with Gasteiger partial charge >= 0.3 is 0 Å². The molecule has 0 aromatic heterocycles. The number of hydrogen-bond acceptors (Lipinski definition) is 1. The van der Waals surface area contributed by atoms with E-state index in [2.05, 4.69) is 6.92 Å². The molecule has 0 fully saturated rings. The Morgan fingerprint density at radius 3 is 2.78 bits per heavy atom. The lowest BCUT2D eigenvalue weighted by molar-refractivity contribution is 0.532. The van der Waals surface area contributed by atoms with E-state index in [0.29, 0.717) is 16.9 Å². The van der Waals surface area contributed by atoms with Crippen molar-refractivity contribution in [3.8, 4) is 0 Å². The Balaban J connectivity index is 2.95. The van der Waals surface area contributed by atoms with Crippen molar-refractivity contribution in [1.82, 2.24) is 0 Å². The van der Waals surface area contributed by atoms with Crippen molar-refractivity contribution in [2.75, 3.05) is 18.3 Å². The van der Waals surface area contributed by atoms with E-state index in [1.807, 2.05) is 0 Å². The molecule has 1 atom stereocenters. The number of thioether (sulfide) groups is 1. The molecule has 0 radical (unpaired) electrons. The maximum Gasteiger partial charge on any atom is 0.0984 e. The van der Waals surface area contributed by atoms with Crippen molar-refractivity contribution in [3.63, 3.8) is 0 Å². The number of hydrogen-bond donors (Lipinski definition) is 0. The molecule has 0 nitrogen and oxygen atoms in total. The third-order valence-corrected chi connectivity index (χ3v) is 2.41. The standard InChI is InChI=1S/C6H12ClFS/c1-6(2-3-7)9-5-4-8/h6H,2-5H2,1H3. The summed E-state index contributed by atoms with van der Waals surface area (Å²) in [4.78, 5) is 0. The molecule has 0 aromatic carbocycles. The Hall–Kier alpha value is 0.570. The maximum absolute atomic E-state index is 11.5. The van der Waals surface area contributed by atoms with Crippen LogP contribution in [0.5, 0.6) is 0 Å². The summed E-state index contributed by atoms with van der Waals surface area (Å²) in [6, 6.07) is 0. The van der Waals surface area contributed by atoms with E-state index < -0.39 is 0 Å². The summed E-state index contributed by atoms with van der Waals surface area (Å²) < 4.78 is 11.5. The molecular formula is C6H12ClFS. The van der Waals surface area contributed by atoms with Crippen molar-refractivity contribution in [1.29, 1.82) is 0 Å². The molecular weight excluding hydrogens is 159 g/mol. The molecule has 0 spiro atoms. The van der Waals surface area contributed by atoms with E-state index in [1.54, 1.807) is 11.8 Å². The van der Waals surface area contributed by atoms with Gasteiger partial charge in [-0.1, -0.05) is 6.92 Å². The fourth-order valence-electron chi connectivity index (χ4n) is 0.483. The van der Waals surface area contributed by atoms with Crippen LogP contribution in [-0.2, 0) is 0 Å². The van der Waals surface area contributed by atoms with Crippen LogP contribution in [0.15, 0.2) is 0 Å². The summed E-state index contributed by atoms with van der Waals surface area (Å²) in [6.45, 7) is 1.85. The molecule has 0 aromatic rings. The second-order valence-corrected chi connectivity index (χ2v) is 3.77. The zero-order chi connectivity index (χ0) is 7.11. The molecule has 3 heteroatoms. The minimum absolute atomic E-state index is 0.225. The Kier molecular flexibility index (Phi) is 7.11. The zero-order valence-corrected chi connectivity index (χ0v) is 7.14. The van der Waals surface area contributed by atoms with Crippen LogP contribution < -0.4 is 0 Å². The lowest BCUT2D eigenvalue weighted by Gasteiger charge is -2.05. The second-order valence-electron chi connectivity index (χ2n) is 1.85. The van der Waals surface area contributed by atoms with Gasteiger partial charge in [0.15, 0.2) is 0 Å². The topological polar surface area (TPSA) is 0 Å². The summed E-state index contributed by atoms with van der Waals surface area (Å²) >= 11 is 7.11. The highest BCUT2D eigenvalue weighted by Gasteiger charge is 1.99. The Morgan fingerprint density at radius 2 is 2.33 bits per heavy atom. The summed E-state index contributed by atoms with van der Waals surface area (Å²) in [5.41, 5.74) is 0. The fourth-order valence-corrected chi connectivity index (χ4v) is 1.72. The molecule has 1 unspecified atom stereocenters. The summed E-state index contributed by atoms with van der Waals surface area (Å²) in [5, 5.41) is 0.512. The number of rotatable bonds is 5.